The van der Waals surface area contributed by atoms with E-state index in [1.807, 2.05) is 17.1 Å². The molecule has 1 aliphatic rings. The van der Waals surface area contributed by atoms with Crippen molar-refractivity contribution in [1.29, 1.82) is 0 Å². The molecule has 0 N–H and O–H groups in total. The van der Waals surface area contributed by atoms with Gasteiger partial charge >= 0.3 is 0 Å². The summed E-state index contributed by atoms with van der Waals surface area (Å²) in [5, 5.41) is 4.21. The standard InChI is InChI=1S/C11H16N2O/c1-2-13-8-9(7-12-13)10-5-3-4-6-11(10)14/h7-8,10H,2-6H2,1H3. The fourth-order valence-electron chi connectivity index (χ4n) is 2.07. The van der Waals surface area contributed by atoms with Crippen molar-refractivity contribution in [2.24, 2.45) is 0 Å². The quantitative estimate of drug-likeness (QED) is 0.719. The van der Waals surface area contributed by atoms with E-state index in [9.17, 15) is 4.79 Å². The number of carbonyl (C=O) groups is 1. The Balaban J connectivity index is 2.16. The maximum absolute atomic E-state index is 11.7. The molecule has 1 unspecified atom stereocenters. The highest BCUT2D eigenvalue weighted by Crippen LogP contribution is 2.29. The van der Waals surface area contributed by atoms with Gasteiger partial charge in [0.05, 0.1) is 6.20 Å². The summed E-state index contributed by atoms with van der Waals surface area (Å²) < 4.78 is 1.89. The summed E-state index contributed by atoms with van der Waals surface area (Å²) >= 11 is 0. The number of hydrogen-bond acceptors (Lipinski definition) is 2. The monoisotopic (exact) mass is 192 g/mol. The second kappa shape index (κ2) is 3.95. The first-order chi connectivity index (χ1) is 6.81. The molecule has 3 nitrogen and oxygen atoms in total. The molecule has 1 fully saturated rings. The number of ketones is 1. The first-order valence-electron chi connectivity index (χ1n) is 5.36. The average molecular weight is 192 g/mol. The van der Waals surface area contributed by atoms with Crippen molar-refractivity contribution in [3.05, 3.63) is 18.0 Å². The Hall–Kier alpha value is -1.12. The third-order valence-corrected chi connectivity index (χ3v) is 2.93. The van der Waals surface area contributed by atoms with Gasteiger partial charge in [-0.05, 0) is 19.8 Å². The Kier molecular flexibility index (Phi) is 2.66. The molecule has 0 radical (unpaired) electrons. The molecule has 0 saturated heterocycles. The molecular weight excluding hydrogens is 176 g/mol. The van der Waals surface area contributed by atoms with Gasteiger partial charge in [0.2, 0.25) is 0 Å². The van der Waals surface area contributed by atoms with Crippen LogP contribution in [0.1, 0.15) is 44.1 Å². The summed E-state index contributed by atoms with van der Waals surface area (Å²) in [7, 11) is 0. The number of rotatable bonds is 2. The van der Waals surface area contributed by atoms with E-state index in [4.69, 9.17) is 0 Å². The second-order valence-corrected chi connectivity index (χ2v) is 3.89. The molecule has 1 aliphatic carbocycles. The predicted octanol–water partition coefficient (Wildman–Crippen LogP) is 2.13. The van der Waals surface area contributed by atoms with Crippen LogP contribution in [0.5, 0.6) is 0 Å². The van der Waals surface area contributed by atoms with Crippen LogP contribution in [0.25, 0.3) is 0 Å². The summed E-state index contributed by atoms with van der Waals surface area (Å²) in [6.45, 7) is 2.93. The lowest BCUT2D eigenvalue weighted by molar-refractivity contribution is -0.121. The van der Waals surface area contributed by atoms with Crippen LogP contribution in [0.15, 0.2) is 12.4 Å². The molecule has 2 rings (SSSR count). The van der Waals surface area contributed by atoms with Gasteiger partial charge in [-0.2, -0.15) is 5.10 Å². The van der Waals surface area contributed by atoms with Crippen molar-refractivity contribution in [1.82, 2.24) is 9.78 Å². The fraction of sp³-hybridized carbons (Fsp3) is 0.636. The van der Waals surface area contributed by atoms with E-state index in [1.54, 1.807) is 0 Å². The molecule has 1 aromatic rings. The van der Waals surface area contributed by atoms with Crippen LogP contribution in [-0.2, 0) is 11.3 Å². The smallest absolute Gasteiger partial charge is 0.140 e. The molecule has 1 saturated carbocycles. The lowest BCUT2D eigenvalue weighted by atomic mass is 9.84. The molecule has 0 bridgehead atoms. The summed E-state index contributed by atoms with van der Waals surface area (Å²) in [5.41, 5.74) is 1.11. The topological polar surface area (TPSA) is 34.9 Å². The Morgan fingerprint density at radius 3 is 3.07 bits per heavy atom. The van der Waals surface area contributed by atoms with Gasteiger partial charge in [-0.3, -0.25) is 9.48 Å². The van der Waals surface area contributed by atoms with Crippen LogP contribution >= 0.6 is 0 Å². The highest BCUT2D eigenvalue weighted by Gasteiger charge is 2.24. The largest absolute Gasteiger partial charge is 0.299 e. The van der Waals surface area contributed by atoms with Crippen molar-refractivity contribution in [3.63, 3.8) is 0 Å². The van der Waals surface area contributed by atoms with Crippen LogP contribution in [0.2, 0.25) is 0 Å². The Morgan fingerprint density at radius 2 is 2.43 bits per heavy atom. The minimum absolute atomic E-state index is 0.129. The van der Waals surface area contributed by atoms with Crippen molar-refractivity contribution in [2.45, 2.75) is 45.1 Å². The van der Waals surface area contributed by atoms with E-state index >= 15 is 0 Å². The molecule has 0 aliphatic heterocycles. The molecule has 1 heterocycles. The molecule has 76 valence electrons. The summed E-state index contributed by atoms with van der Waals surface area (Å²) in [6.07, 6.45) is 7.85. The minimum atomic E-state index is 0.129. The lowest BCUT2D eigenvalue weighted by Crippen LogP contribution is -2.16. The van der Waals surface area contributed by atoms with E-state index in [-0.39, 0.29) is 5.92 Å². The summed E-state index contributed by atoms with van der Waals surface area (Å²) in [6, 6.07) is 0. The Morgan fingerprint density at radius 1 is 1.57 bits per heavy atom. The lowest BCUT2D eigenvalue weighted by Gasteiger charge is -2.18. The summed E-state index contributed by atoms with van der Waals surface area (Å²) in [4.78, 5) is 11.7. The van der Waals surface area contributed by atoms with Gasteiger partial charge < -0.3 is 0 Å². The predicted molar refractivity (Wildman–Crippen MR) is 54.1 cm³/mol. The number of nitrogens with zero attached hydrogens (tertiary/aromatic N) is 2. The van der Waals surface area contributed by atoms with Gasteiger partial charge in [-0.1, -0.05) is 6.42 Å². The van der Waals surface area contributed by atoms with E-state index in [0.717, 1.165) is 31.4 Å². The zero-order valence-electron chi connectivity index (χ0n) is 8.57. The first-order valence-corrected chi connectivity index (χ1v) is 5.36. The molecule has 3 heteroatoms. The third kappa shape index (κ3) is 1.72. The highest BCUT2D eigenvalue weighted by atomic mass is 16.1. The van der Waals surface area contributed by atoms with Gasteiger partial charge in [0.25, 0.3) is 0 Å². The molecular formula is C11H16N2O. The van der Waals surface area contributed by atoms with E-state index in [2.05, 4.69) is 12.0 Å². The summed E-state index contributed by atoms with van der Waals surface area (Å²) in [5.74, 6) is 0.524. The van der Waals surface area contributed by atoms with Gasteiger partial charge in [0.15, 0.2) is 0 Å². The van der Waals surface area contributed by atoms with Crippen LogP contribution < -0.4 is 0 Å². The molecule has 0 amide bonds. The van der Waals surface area contributed by atoms with E-state index in [1.165, 1.54) is 6.42 Å². The van der Waals surface area contributed by atoms with Gasteiger partial charge in [0.1, 0.15) is 5.78 Å². The Bertz CT molecular complexity index is 330. The highest BCUT2D eigenvalue weighted by molar-refractivity contribution is 5.86. The van der Waals surface area contributed by atoms with Crippen molar-refractivity contribution in [2.75, 3.05) is 0 Å². The normalized spacial score (nSPS) is 22.6. The van der Waals surface area contributed by atoms with Gasteiger partial charge in [0, 0.05) is 30.6 Å². The number of aryl methyl sites for hydroxylation is 1. The van der Waals surface area contributed by atoms with Crippen molar-refractivity contribution in [3.8, 4) is 0 Å². The maximum Gasteiger partial charge on any atom is 0.140 e. The van der Waals surface area contributed by atoms with Gasteiger partial charge in [-0.25, -0.2) is 0 Å². The molecule has 1 aromatic heterocycles. The average Bonchev–Trinajstić information content (AvgIpc) is 2.67. The number of aromatic nitrogens is 2. The molecule has 1 atom stereocenters. The molecule has 0 aromatic carbocycles. The van der Waals surface area contributed by atoms with Crippen LogP contribution in [0.4, 0.5) is 0 Å². The van der Waals surface area contributed by atoms with Crippen molar-refractivity contribution < 1.29 is 4.79 Å². The minimum Gasteiger partial charge on any atom is -0.299 e. The SMILES string of the molecule is CCn1cc(C2CCCCC2=O)cn1. The second-order valence-electron chi connectivity index (χ2n) is 3.89. The van der Waals surface area contributed by atoms with Crippen LogP contribution in [0, 0.1) is 0 Å². The fourth-order valence-corrected chi connectivity index (χ4v) is 2.07. The van der Waals surface area contributed by atoms with Crippen LogP contribution in [-0.4, -0.2) is 15.6 Å². The number of carbonyl (C=O) groups excluding carboxylic acids is 1. The molecule has 14 heavy (non-hydrogen) atoms. The van der Waals surface area contributed by atoms with Crippen LogP contribution in [0.3, 0.4) is 0 Å². The third-order valence-electron chi connectivity index (χ3n) is 2.93. The first kappa shape index (κ1) is 9.44. The molecule has 0 spiro atoms. The van der Waals surface area contributed by atoms with Gasteiger partial charge in [-0.15, -0.1) is 0 Å². The maximum atomic E-state index is 11.7. The number of Topliss-reactive ketones (excluding diaryl/α,β-unsaturated/α-hetero) is 1. The zero-order chi connectivity index (χ0) is 9.97. The number of hydrogen-bond donors (Lipinski definition) is 0. The Labute approximate surface area is 84.1 Å². The van der Waals surface area contributed by atoms with E-state index < -0.39 is 0 Å². The zero-order valence-corrected chi connectivity index (χ0v) is 8.57. The van der Waals surface area contributed by atoms with Crippen molar-refractivity contribution >= 4 is 5.78 Å². The van der Waals surface area contributed by atoms with E-state index in [0.29, 0.717) is 5.78 Å².